The van der Waals surface area contributed by atoms with Gasteiger partial charge in [0.15, 0.2) is 9.84 Å². The van der Waals surface area contributed by atoms with Crippen LogP contribution in [0.15, 0.2) is 24.3 Å². The van der Waals surface area contributed by atoms with Crippen molar-refractivity contribution < 1.29 is 17.6 Å². The minimum absolute atomic E-state index is 0.0682. The molecule has 1 N–H and O–H groups in total. The average Bonchev–Trinajstić information content (AvgIpc) is 3.16. The Bertz CT molecular complexity index is 642. The average molecular weight is 313 g/mol. The molecule has 21 heavy (non-hydrogen) atoms. The molecule has 0 aliphatic heterocycles. The van der Waals surface area contributed by atoms with Crippen molar-refractivity contribution in [3.63, 3.8) is 0 Å². The van der Waals surface area contributed by atoms with Gasteiger partial charge >= 0.3 is 0 Å². The maximum Gasteiger partial charge on any atom is 0.238 e. The van der Waals surface area contributed by atoms with Crippen molar-refractivity contribution in [3.05, 3.63) is 35.6 Å². The molecule has 6 heteroatoms. The second kappa shape index (κ2) is 5.75. The lowest BCUT2D eigenvalue weighted by atomic mass is 10.1. The summed E-state index contributed by atoms with van der Waals surface area (Å²) in [5.41, 5.74) is 0.833. The van der Waals surface area contributed by atoms with Gasteiger partial charge in [-0.15, -0.1) is 0 Å². The third-order valence-corrected chi connectivity index (χ3v) is 6.43. The third-order valence-electron chi connectivity index (χ3n) is 3.91. The van der Waals surface area contributed by atoms with E-state index in [2.05, 4.69) is 5.32 Å². The van der Waals surface area contributed by atoms with E-state index in [1.165, 1.54) is 19.1 Å². The Morgan fingerprint density at radius 3 is 2.57 bits per heavy atom. The fourth-order valence-corrected chi connectivity index (χ4v) is 3.50. The van der Waals surface area contributed by atoms with Crippen molar-refractivity contribution in [2.45, 2.75) is 49.7 Å². The molecule has 1 aliphatic carbocycles. The number of amides is 1. The van der Waals surface area contributed by atoms with Crippen molar-refractivity contribution >= 4 is 15.7 Å². The van der Waals surface area contributed by atoms with E-state index >= 15 is 0 Å². The summed E-state index contributed by atoms with van der Waals surface area (Å²) in [5, 5.41) is 1.09. The highest BCUT2D eigenvalue weighted by atomic mass is 32.2. The van der Waals surface area contributed by atoms with Gasteiger partial charge in [-0.25, -0.2) is 12.8 Å². The molecule has 1 aromatic rings. The SMILES string of the molecule is CC(C)S(=O)(=O)[C@H](C)C(=O)N[C@@H]1C[C@@H]1c1cccc(F)c1. The van der Waals surface area contributed by atoms with Crippen LogP contribution < -0.4 is 5.32 Å². The van der Waals surface area contributed by atoms with Crippen LogP contribution in [0.25, 0.3) is 0 Å². The molecule has 2 rings (SSSR count). The standard InChI is InChI=1S/C15H20FNO3S/c1-9(2)21(19,20)10(3)15(18)17-14-8-13(14)11-5-4-6-12(16)7-11/h4-7,9-10,13-14H,8H2,1-3H3,(H,17,18)/t10-,13-,14-/m1/s1. The summed E-state index contributed by atoms with van der Waals surface area (Å²) in [6.45, 7) is 4.53. The van der Waals surface area contributed by atoms with Gasteiger partial charge in [-0.2, -0.15) is 0 Å². The van der Waals surface area contributed by atoms with Crippen molar-refractivity contribution in [1.82, 2.24) is 5.32 Å². The number of nitrogens with one attached hydrogen (secondary N) is 1. The Kier molecular flexibility index (Phi) is 4.37. The maximum atomic E-state index is 13.2. The number of carbonyl (C=O) groups excluding carboxylic acids is 1. The zero-order chi connectivity index (χ0) is 15.8. The maximum absolute atomic E-state index is 13.2. The van der Waals surface area contributed by atoms with Crippen LogP contribution >= 0.6 is 0 Å². The Morgan fingerprint density at radius 1 is 1.33 bits per heavy atom. The van der Waals surface area contributed by atoms with Gasteiger partial charge < -0.3 is 5.32 Å². The first-order valence-electron chi connectivity index (χ1n) is 7.02. The Morgan fingerprint density at radius 2 is 2.00 bits per heavy atom. The molecule has 1 aliphatic rings. The minimum Gasteiger partial charge on any atom is -0.352 e. The van der Waals surface area contributed by atoms with Crippen LogP contribution in [0.1, 0.15) is 38.7 Å². The van der Waals surface area contributed by atoms with Gasteiger partial charge in [-0.05, 0) is 44.9 Å². The van der Waals surface area contributed by atoms with Gasteiger partial charge in [0, 0.05) is 12.0 Å². The Labute approximate surface area is 124 Å². The second-order valence-electron chi connectivity index (χ2n) is 5.79. The molecule has 0 unspecified atom stereocenters. The van der Waals surface area contributed by atoms with Gasteiger partial charge in [0.05, 0.1) is 5.25 Å². The number of rotatable bonds is 5. The molecule has 4 nitrogen and oxygen atoms in total. The molecule has 116 valence electrons. The first kappa shape index (κ1) is 15.9. The Hall–Kier alpha value is -1.43. The van der Waals surface area contributed by atoms with Crippen molar-refractivity contribution in [3.8, 4) is 0 Å². The molecule has 0 radical (unpaired) electrons. The van der Waals surface area contributed by atoms with Crippen LogP contribution in [0.3, 0.4) is 0 Å². The predicted octanol–water partition coefficient (Wildman–Crippen LogP) is 2.01. The largest absolute Gasteiger partial charge is 0.352 e. The quantitative estimate of drug-likeness (QED) is 0.904. The lowest BCUT2D eigenvalue weighted by molar-refractivity contribution is -0.120. The van der Waals surface area contributed by atoms with Crippen molar-refractivity contribution in [1.29, 1.82) is 0 Å². The fraction of sp³-hybridized carbons (Fsp3) is 0.533. The lowest BCUT2D eigenvalue weighted by Gasteiger charge is -2.15. The molecule has 0 spiro atoms. The topological polar surface area (TPSA) is 63.2 Å². The van der Waals surface area contributed by atoms with Crippen LogP contribution in [-0.2, 0) is 14.6 Å². The highest BCUT2D eigenvalue weighted by Crippen LogP contribution is 2.41. The summed E-state index contributed by atoms with van der Waals surface area (Å²) >= 11 is 0. The summed E-state index contributed by atoms with van der Waals surface area (Å²) in [6, 6.07) is 6.16. The molecule has 0 bridgehead atoms. The van der Waals surface area contributed by atoms with Crippen molar-refractivity contribution in [2.24, 2.45) is 0 Å². The van der Waals surface area contributed by atoms with Gasteiger partial charge in [0.25, 0.3) is 0 Å². The first-order chi connectivity index (χ1) is 9.73. The zero-order valence-electron chi connectivity index (χ0n) is 12.3. The molecule has 1 amide bonds. The van der Waals surface area contributed by atoms with Crippen molar-refractivity contribution in [2.75, 3.05) is 0 Å². The summed E-state index contributed by atoms with van der Waals surface area (Å²) in [7, 11) is -3.45. The molecule has 1 saturated carbocycles. The van der Waals surface area contributed by atoms with E-state index in [-0.39, 0.29) is 17.8 Å². The number of sulfone groups is 1. The van der Waals surface area contributed by atoms with E-state index in [1.54, 1.807) is 19.9 Å². The molecular formula is C15H20FNO3S. The molecule has 1 fully saturated rings. The number of carbonyl (C=O) groups is 1. The van der Waals surface area contributed by atoms with Gasteiger partial charge in [0.1, 0.15) is 11.1 Å². The minimum atomic E-state index is -3.45. The second-order valence-corrected chi connectivity index (χ2v) is 8.62. The van der Waals surface area contributed by atoms with Crippen LogP contribution in [0, 0.1) is 5.82 Å². The number of benzene rings is 1. The fourth-order valence-electron chi connectivity index (χ4n) is 2.32. The van der Waals surface area contributed by atoms with E-state index in [0.29, 0.717) is 6.42 Å². The lowest BCUT2D eigenvalue weighted by Crippen LogP contribution is -2.41. The smallest absolute Gasteiger partial charge is 0.238 e. The molecule has 0 saturated heterocycles. The highest BCUT2D eigenvalue weighted by Gasteiger charge is 2.42. The summed E-state index contributed by atoms with van der Waals surface area (Å²) in [5.74, 6) is -0.716. The van der Waals surface area contributed by atoms with Crippen LogP contribution in [0.4, 0.5) is 4.39 Å². The van der Waals surface area contributed by atoms with Gasteiger partial charge in [0.2, 0.25) is 5.91 Å². The number of halogens is 1. The normalized spacial score (nSPS) is 22.9. The predicted molar refractivity (Wildman–Crippen MR) is 79.2 cm³/mol. The summed E-state index contributed by atoms with van der Waals surface area (Å²) in [6.07, 6.45) is 0.712. The molecular weight excluding hydrogens is 293 g/mol. The Balaban J connectivity index is 1.97. The first-order valence-corrected chi connectivity index (χ1v) is 8.63. The van der Waals surface area contributed by atoms with Crippen LogP contribution in [0.5, 0.6) is 0 Å². The number of hydrogen-bond donors (Lipinski definition) is 1. The molecule has 1 aromatic carbocycles. The van der Waals surface area contributed by atoms with E-state index < -0.39 is 26.2 Å². The van der Waals surface area contributed by atoms with E-state index in [9.17, 15) is 17.6 Å². The molecule has 0 heterocycles. The summed E-state index contributed by atoms with van der Waals surface area (Å²) in [4.78, 5) is 12.0. The number of hydrogen-bond acceptors (Lipinski definition) is 3. The molecule has 3 atom stereocenters. The van der Waals surface area contributed by atoms with Gasteiger partial charge in [-0.3, -0.25) is 4.79 Å². The molecule has 0 aromatic heterocycles. The van der Waals surface area contributed by atoms with E-state index in [1.807, 2.05) is 6.07 Å². The van der Waals surface area contributed by atoms with Crippen LogP contribution in [0.2, 0.25) is 0 Å². The third kappa shape index (κ3) is 3.43. The van der Waals surface area contributed by atoms with E-state index in [0.717, 1.165) is 5.56 Å². The zero-order valence-corrected chi connectivity index (χ0v) is 13.2. The highest BCUT2D eigenvalue weighted by molar-refractivity contribution is 7.93. The van der Waals surface area contributed by atoms with Gasteiger partial charge in [-0.1, -0.05) is 12.1 Å². The van der Waals surface area contributed by atoms with E-state index in [4.69, 9.17) is 0 Å². The summed E-state index contributed by atoms with van der Waals surface area (Å²) < 4.78 is 37.1. The van der Waals surface area contributed by atoms with Crippen LogP contribution in [-0.4, -0.2) is 30.9 Å². The monoisotopic (exact) mass is 313 g/mol.